The standard InChI is InChI=1S/C21H20ClN5O3S/c1-30-17-11-9-16(10-12-17)27-21(23-24-25-27)31-18-4-2-3-13-26(20(18)29)19(28)14-5-7-15(22)8-6-14/h5-12,18H,2-4,13H2,1H3/t18-/m0/s1. The second-order valence-electron chi connectivity index (χ2n) is 6.98. The Morgan fingerprint density at radius 1 is 1.13 bits per heavy atom. The Hall–Kier alpha value is -2.91. The monoisotopic (exact) mass is 457 g/mol. The summed E-state index contributed by atoms with van der Waals surface area (Å²) in [7, 11) is 1.60. The van der Waals surface area contributed by atoms with E-state index in [2.05, 4.69) is 15.5 Å². The minimum Gasteiger partial charge on any atom is -0.497 e. The number of aromatic nitrogens is 4. The molecule has 1 aliphatic rings. The molecule has 1 aromatic heterocycles. The number of methoxy groups -OCH3 is 1. The van der Waals surface area contributed by atoms with Crippen LogP contribution in [0.5, 0.6) is 5.75 Å². The molecule has 2 heterocycles. The van der Waals surface area contributed by atoms with Gasteiger partial charge in [-0.1, -0.05) is 29.8 Å². The van der Waals surface area contributed by atoms with Crippen LogP contribution in [0.3, 0.4) is 0 Å². The third-order valence-corrected chi connectivity index (χ3v) is 6.42. The quantitative estimate of drug-likeness (QED) is 0.540. The van der Waals surface area contributed by atoms with Crippen molar-refractivity contribution in [3.8, 4) is 11.4 Å². The zero-order valence-corrected chi connectivity index (χ0v) is 18.3. The van der Waals surface area contributed by atoms with Gasteiger partial charge in [0.05, 0.1) is 18.0 Å². The molecule has 2 amide bonds. The van der Waals surface area contributed by atoms with Gasteiger partial charge in [0.2, 0.25) is 11.1 Å². The summed E-state index contributed by atoms with van der Waals surface area (Å²) >= 11 is 7.19. The fourth-order valence-corrected chi connectivity index (χ4v) is 4.55. The van der Waals surface area contributed by atoms with Crippen molar-refractivity contribution in [2.24, 2.45) is 0 Å². The van der Waals surface area contributed by atoms with E-state index in [1.54, 1.807) is 36.1 Å². The van der Waals surface area contributed by atoms with Crippen molar-refractivity contribution >= 4 is 35.2 Å². The first-order valence-electron chi connectivity index (χ1n) is 9.77. The van der Waals surface area contributed by atoms with Crippen LogP contribution in [0, 0.1) is 0 Å². The zero-order chi connectivity index (χ0) is 21.8. The third-order valence-electron chi connectivity index (χ3n) is 4.98. The summed E-state index contributed by atoms with van der Waals surface area (Å²) in [5.74, 6) is 0.178. The highest BCUT2D eigenvalue weighted by atomic mass is 35.5. The first kappa shape index (κ1) is 21.3. The topological polar surface area (TPSA) is 90.2 Å². The summed E-state index contributed by atoms with van der Waals surface area (Å²) in [6.45, 7) is 0.390. The lowest BCUT2D eigenvalue weighted by Crippen LogP contribution is -2.41. The highest BCUT2D eigenvalue weighted by molar-refractivity contribution is 8.00. The molecule has 2 aromatic carbocycles. The van der Waals surface area contributed by atoms with E-state index in [1.165, 1.54) is 16.7 Å². The van der Waals surface area contributed by atoms with E-state index in [9.17, 15) is 9.59 Å². The Balaban J connectivity index is 1.54. The smallest absolute Gasteiger partial charge is 0.260 e. The molecule has 3 aromatic rings. The predicted octanol–water partition coefficient (Wildman–Crippen LogP) is 3.64. The van der Waals surface area contributed by atoms with Gasteiger partial charge in [0.1, 0.15) is 5.75 Å². The van der Waals surface area contributed by atoms with Gasteiger partial charge < -0.3 is 4.74 Å². The van der Waals surface area contributed by atoms with Crippen molar-refractivity contribution < 1.29 is 14.3 Å². The van der Waals surface area contributed by atoms with Crippen LogP contribution in [0.2, 0.25) is 5.02 Å². The molecule has 10 heteroatoms. The fourth-order valence-electron chi connectivity index (χ4n) is 3.33. The maximum atomic E-state index is 13.2. The Bertz CT molecular complexity index is 1070. The SMILES string of the molecule is COc1ccc(-n2nnnc2S[C@H]2CCCCN(C(=O)c3ccc(Cl)cc3)C2=O)cc1. The van der Waals surface area contributed by atoms with Gasteiger partial charge in [0.25, 0.3) is 5.91 Å². The Labute approximate surface area is 188 Å². The molecule has 1 atom stereocenters. The number of carbonyl (C=O) groups excluding carboxylic acids is 2. The highest BCUT2D eigenvalue weighted by Crippen LogP contribution is 2.30. The molecule has 0 N–H and O–H groups in total. The normalized spacial score (nSPS) is 16.8. The summed E-state index contributed by atoms with van der Waals surface area (Å²) in [5.41, 5.74) is 1.19. The minimum atomic E-state index is -0.457. The van der Waals surface area contributed by atoms with Crippen LogP contribution in [0.25, 0.3) is 5.69 Å². The number of hydrogen-bond acceptors (Lipinski definition) is 7. The van der Waals surface area contributed by atoms with E-state index in [4.69, 9.17) is 16.3 Å². The average Bonchev–Trinajstić information content (AvgIpc) is 3.18. The van der Waals surface area contributed by atoms with Crippen LogP contribution in [0.4, 0.5) is 0 Å². The molecular weight excluding hydrogens is 438 g/mol. The number of benzene rings is 2. The van der Waals surface area contributed by atoms with Gasteiger partial charge in [-0.3, -0.25) is 14.5 Å². The van der Waals surface area contributed by atoms with Crippen LogP contribution in [0.1, 0.15) is 29.6 Å². The number of hydrogen-bond donors (Lipinski definition) is 0. The van der Waals surface area contributed by atoms with Crippen molar-refractivity contribution in [3.63, 3.8) is 0 Å². The fraction of sp³-hybridized carbons (Fsp3) is 0.286. The minimum absolute atomic E-state index is 0.230. The summed E-state index contributed by atoms with van der Waals surface area (Å²) in [4.78, 5) is 27.5. The van der Waals surface area contributed by atoms with Gasteiger partial charge in [-0.05, 0) is 71.8 Å². The first-order chi connectivity index (χ1) is 15.1. The lowest BCUT2D eigenvalue weighted by Gasteiger charge is -2.22. The van der Waals surface area contributed by atoms with Gasteiger partial charge in [0, 0.05) is 17.1 Å². The molecule has 0 saturated carbocycles. The molecule has 160 valence electrons. The van der Waals surface area contributed by atoms with Gasteiger partial charge in [-0.25, -0.2) is 0 Å². The third kappa shape index (κ3) is 4.72. The van der Waals surface area contributed by atoms with E-state index in [-0.39, 0.29) is 11.8 Å². The van der Waals surface area contributed by atoms with Crippen LogP contribution >= 0.6 is 23.4 Å². The van der Waals surface area contributed by atoms with E-state index < -0.39 is 5.25 Å². The maximum Gasteiger partial charge on any atom is 0.260 e. The van der Waals surface area contributed by atoms with Crippen LogP contribution < -0.4 is 4.74 Å². The maximum absolute atomic E-state index is 13.2. The number of likely N-dealkylation sites (tertiary alicyclic amines) is 1. The largest absolute Gasteiger partial charge is 0.497 e. The molecule has 8 nitrogen and oxygen atoms in total. The van der Waals surface area contributed by atoms with Crippen molar-refractivity contribution in [2.75, 3.05) is 13.7 Å². The van der Waals surface area contributed by atoms with E-state index in [1.807, 2.05) is 24.3 Å². The molecule has 0 unspecified atom stereocenters. The number of halogens is 1. The number of thioether (sulfide) groups is 1. The summed E-state index contributed by atoms with van der Waals surface area (Å²) in [5, 5.41) is 12.5. The number of amides is 2. The summed E-state index contributed by atoms with van der Waals surface area (Å²) in [6, 6.07) is 13.9. The Morgan fingerprint density at radius 2 is 1.87 bits per heavy atom. The molecule has 1 fully saturated rings. The first-order valence-corrected chi connectivity index (χ1v) is 11.0. The molecule has 0 aliphatic carbocycles. The van der Waals surface area contributed by atoms with Gasteiger partial charge in [-0.2, -0.15) is 4.68 Å². The van der Waals surface area contributed by atoms with Crippen molar-refractivity contribution in [1.82, 2.24) is 25.1 Å². The Kier molecular flexibility index (Phi) is 6.53. The number of imide groups is 1. The van der Waals surface area contributed by atoms with Crippen LogP contribution in [-0.2, 0) is 4.79 Å². The molecule has 31 heavy (non-hydrogen) atoms. The number of nitrogens with zero attached hydrogens (tertiary/aromatic N) is 5. The molecule has 0 bridgehead atoms. The predicted molar refractivity (Wildman–Crippen MR) is 117 cm³/mol. The lowest BCUT2D eigenvalue weighted by atomic mass is 10.2. The number of rotatable bonds is 5. The van der Waals surface area contributed by atoms with Gasteiger partial charge in [0.15, 0.2) is 0 Å². The number of ether oxygens (including phenoxy) is 1. The molecule has 0 spiro atoms. The summed E-state index contributed by atoms with van der Waals surface area (Å²) < 4.78 is 6.76. The van der Waals surface area contributed by atoms with Crippen LogP contribution in [0.15, 0.2) is 53.7 Å². The molecule has 0 radical (unpaired) electrons. The molecular formula is C21H20ClN5O3S. The second-order valence-corrected chi connectivity index (χ2v) is 8.58. The van der Waals surface area contributed by atoms with Crippen molar-refractivity contribution in [3.05, 3.63) is 59.1 Å². The van der Waals surface area contributed by atoms with Crippen molar-refractivity contribution in [1.29, 1.82) is 0 Å². The van der Waals surface area contributed by atoms with E-state index in [0.717, 1.165) is 24.3 Å². The van der Waals surface area contributed by atoms with E-state index >= 15 is 0 Å². The summed E-state index contributed by atoms with van der Waals surface area (Å²) in [6.07, 6.45) is 2.23. The average molecular weight is 458 g/mol. The lowest BCUT2D eigenvalue weighted by molar-refractivity contribution is -0.127. The zero-order valence-electron chi connectivity index (χ0n) is 16.8. The molecule has 1 saturated heterocycles. The molecule has 4 rings (SSSR count). The second kappa shape index (κ2) is 9.49. The number of tetrazole rings is 1. The number of carbonyl (C=O) groups is 2. The molecule has 1 aliphatic heterocycles. The van der Waals surface area contributed by atoms with Gasteiger partial charge >= 0.3 is 0 Å². The van der Waals surface area contributed by atoms with Gasteiger partial charge in [-0.15, -0.1) is 5.10 Å². The van der Waals surface area contributed by atoms with Crippen LogP contribution in [-0.4, -0.2) is 55.8 Å². The Morgan fingerprint density at radius 3 is 2.58 bits per heavy atom. The highest BCUT2D eigenvalue weighted by Gasteiger charge is 2.33. The van der Waals surface area contributed by atoms with Crippen molar-refractivity contribution in [2.45, 2.75) is 29.7 Å². The van der Waals surface area contributed by atoms with E-state index in [0.29, 0.717) is 28.7 Å².